The first-order chi connectivity index (χ1) is 9.66. The minimum Gasteiger partial charge on any atom is -0.329 e. The van der Waals surface area contributed by atoms with E-state index in [1.807, 2.05) is 36.4 Å². The number of aromatic amines is 1. The van der Waals surface area contributed by atoms with Crippen LogP contribution in [-0.4, -0.2) is 27.5 Å². The molecule has 0 aromatic carbocycles. The normalized spacial score (nSPS) is 19.3. The van der Waals surface area contributed by atoms with E-state index in [1.165, 1.54) is 11.3 Å². The van der Waals surface area contributed by atoms with Crippen molar-refractivity contribution in [3.05, 3.63) is 39.3 Å². The van der Waals surface area contributed by atoms with Crippen LogP contribution in [0.3, 0.4) is 0 Å². The molecule has 1 aliphatic rings. The Morgan fingerprint density at radius 2 is 2.30 bits per heavy atom. The minimum atomic E-state index is 0.140. The highest BCUT2D eigenvalue weighted by atomic mass is 32.1. The molecule has 0 radical (unpaired) electrons. The average Bonchev–Trinajstić information content (AvgIpc) is 3.07. The molecule has 4 nitrogen and oxygen atoms in total. The Balaban J connectivity index is 1.89. The van der Waals surface area contributed by atoms with Crippen LogP contribution in [0.1, 0.15) is 51.8 Å². The fourth-order valence-corrected chi connectivity index (χ4v) is 3.71. The van der Waals surface area contributed by atoms with Crippen molar-refractivity contribution in [3.63, 3.8) is 0 Å². The van der Waals surface area contributed by atoms with Crippen molar-refractivity contribution in [2.24, 2.45) is 0 Å². The predicted octanol–water partition coefficient (Wildman–Crippen LogP) is 3.46. The minimum absolute atomic E-state index is 0.140. The van der Waals surface area contributed by atoms with Crippen molar-refractivity contribution >= 4 is 17.2 Å². The van der Waals surface area contributed by atoms with Crippen molar-refractivity contribution in [3.8, 4) is 0 Å². The average molecular weight is 289 g/mol. The molecule has 3 rings (SSSR count). The topological polar surface area (TPSA) is 49.0 Å². The number of amides is 1. The van der Waals surface area contributed by atoms with Crippen LogP contribution in [0.4, 0.5) is 0 Å². The summed E-state index contributed by atoms with van der Waals surface area (Å²) in [4.78, 5) is 15.6. The Labute approximate surface area is 122 Å². The van der Waals surface area contributed by atoms with Gasteiger partial charge < -0.3 is 4.90 Å². The van der Waals surface area contributed by atoms with Gasteiger partial charge in [0, 0.05) is 6.54 Å². The Bertz CT molecular complexity index is 616. The SMILES string of the molecule is Cc1csc(C(=O)N2CCCC[C@@H]2c2[nH]ncc2C)c1. The third-order valence-corrected chi connectivity index (χ3v) is 4.94. The maximum absolute atomic E-state index is 12.7. The molecule has 1 saturated heterocycles. The summed E-state index contributed by atoms with van der Waals surface area (Å²) in [6, 6.07) is 2.12. The fourth-order valence-electron chi connectivity index (χ4n) is 2.85. The molecule has 0 saturated carbocycles. The fraction of sp³-hybridized carbons (Fsp3) is 0.467. The molecule has 1 atom stereocenters. The van der Waals surface area contributed by atoms with Gasteiger partial charge in [0.05, 0.1) is 22.8 Å². The molecule has 0 spiro atoms. The van der Waals surface area contributed by atoms with Gasteiger partial charge in [0.2, 0.25) is 0 Å². The van der Waals surface area contributed by atoms with Crippen LogP contribution in [0.25, 0.3) is 0 Å². The first-order valence-corrected chi connectivity index (χ1v) is 7.91. The predicted molar refractivity (Wildman–Crippen MR) is 80.0 cm³/mol. The number of hydrogen-bond acceptors (Lipinski definition) is 3. The van der Waals surface area contributed by atoms with Crippen molar-refractivity contribution in [2.75, 3.05) is 6.54 Å². The van der Waals surface area contributed by atoms with E-state index in [-0.39, 0.29) is 11.9 Å². The van der Waals surface area contributed by atoms with Crippen LogP contribution in [0.2, 0.25) is 0 Å². The van der Waals surface area contributed by atoms with E-state index in [0.717, 1.165) is 47.5 Å². The molecule has 2 aromatic heterocycles. The summed E-state index contributed by atoms with van der Waals surface area (Å²) in [5, 5.41) is 9.22. The summed E-state index contributed by atoms with van der Waals surface area (Å²) in [7, 11) is 0. The van der Waals surface area contributed by atoms with Crippen molar-refractivity contribution in [1.29, 1.82) is 0 Å². The second-order valence-corrected chi connectivity index (χ2v) is 6.38. The highest BCUT2D eigenvalue weighted by Crippen LogP contribution is 2.33. The summed E-state index contributed by atoms with van der Waals surface area (Å²) in [5.74, 6) is 0.154. The summed E-state index contributed by atoms with van der Waals surface area (Å²) in [6.07, 6.45) is 5.09. The molecule has 1 N–H and O–H groups in total. The molecule has 0 aliphatic carbocycles. The lowest BCUT2D eigenvalue weighted by Crippen LogP contribution is -2.38. The van der Waals surface area contributed by atoms with Crippen LogP contribution in [-0.2, 0) is 0 Å². The summed E-state index contributed by atoms with van der Waals surface area (Å²) >= 11 is 1.54. The standard InChI is InChI=1S/C15H19N3OS/c1-10-7-13(20-9-10)15(19)18-6-4-3-5-12(18)14-11(2)8-16-17-14/h7-9,12H,3-6H2,1-2H3,(H,16,17)/t12-/m1/s1. The first kappa shape index (κ1) is 13.4. The molecule has 3 heterocycles. The molecular formula is C15H19N3OS. The summed E-state index contributed by atoms with van der Waals surface area (Å²) in [6.45, 7) is 4.91. The number of carbonyl (C=O) groups is 1. The van der Waals surface area contributed by atoms with Crippen LogP contribution >= 0.6 is 11.3 Å². The van der Waals surface area contributed by atoms with Gasteiger partial charge in [-0.15, -0.1) is 11.3 Å². The second kappa shape index (κ2) is 5.40. The number of H-pyrrole nitrogens is 1. The van der Waals surface area contributed by atoms with Gasteiger partial charge in [-0.25, -0.2) is 0 Å². The Hall–Kier alpha value is -1.62. The number of thiophene rings is 1. The zero-order chi connectivity index (χ0) is 14.1. The molecular weight excluding hydrogens is 270 g/mol. The van der Waals surface area contributed by atoms with Crippen LogP contribution in [0, 0.1) is 13.8 Å². The lowest BCUT2D eigenvalue weighted by molar-refractivity contribution is 0.0610. The van der Waals surface area contributed by atoms with Gasteiger partial charge in [0.1, 0.15) is 0 Å². The Morgan fingerprint density at radius 1 is 1.45 bits per heavy atom. The number of carbonyl (C=O) groups excluding carboxylic acids is 1. The zero-order valence-corrected chi connectivity index (χ0v) is 12.7. The molecule has 1 amide bonds. The van der Waals surface area contributed by atoms with Gasteiger partial charge in [-0.2, -0.15) is 5.10 Å². The van der Waals surface area contributed by atoms with E-state index < -0.39 is 0 Å². The summed E-state index contributed by atoms with van der Waals surface area (Å²) < 4.78 is 0. The Kier molecular flexibility index (Phi) is 3.61. The van der Waals surface area contributed by atoms with Gasteiger partial charge in [0.15, 0.2) is 0 Å². The van der Waals surface area contributed by atoms with E-state index in [1.54, 1.807) is 0 Å². The highest BCUT2D eigenvalue weighted by Gasteiger charge is 2.31. The smallest absolute Gasteiger partial charge is 0.264 e. The van der Waals surface area contributed by atoms with Crippen LogP contribution in [0.5, 0.6) is 0 Å². The van der Waals surface area contributed by atoms with Crippen LogP contribution in [0.15, 0.2) is 17.6 Å². The molecule has 20 heavy (non-hydrogen) atoms. The van der Waals surface area contributed by atoms with Gasteiger partial charge in [-0.3, -0.25) is 9.89 Å². The lowest BCUT2D eigenvalue weighted by Gasteiger charge is -2.35. The summed E-state index contributed by atoms with van der Waals surface area (Å²) in [5.41, 5.74) is 3.38. The number of hydrogen-bond donors (Lipinski definition) is 1. The molecule has 1 aliphatic heterocycles. The molecule has 5 heteroatoms. The van der Waals surface area contributed by atoms with Gasteiger partial charge in [-0.1, -0.05) is 0 Å². The number of likely N-dealkylation sites (tertiary alicyclic amines) is 1. The van der Waals surface area contributed by atoms with Gasteiger partial charge >= 0.3 is 0 Å². The van der Waals surface area contributed by atoms with Crippen molar-refractivity contribution < 1.29 is 4.79 Å². The third kappa shape index (κ3) is 2.38. The van der Waals surface area contributed by atoms with Gasteiger partial charge in [0.25, 0.3) is 5.91 Å². The van der Waals surface area contributed by atoms with E-state index in [4.69, 9.17) is 0 Å². The van der Waals surface area contributed by atoms with E-state index in [2.05, 4.69) is 10.2 Å². The molecule has 1 fully saturated rings. The second-order valence-electron chi connectivity index (χ2n) is 5.47. The molecule has 0 bridgehead atoms. The molecule has 106 valence electrons. The van der Waals surface area contributed by atoms with Crippen molar-refractivity contribution in [1.82, 2.24) is 15.1 Å². The number of aryl methyl sites for hydroxylation is 2. The number of aromatic nitrogens is 2. The van der Waals surface area contributed by atoms with Crippen LogP contribution < -0.4 is 0 Å². The Morgan fingerprint density at radius 3 is 2.95 bits per heavy atom. The van der Waals surface area contributed by atoms with Crippen molar-refractivity contribution in [2.45, 2.75) is 39.2 Å². The maximum atomic E-state index is 12.7. The maximum Gasteiger partial charge on any atom is 0.264 e. The number of rotatable bonds is 2. The number of nitrogens with one attached hydrogen (secondary N) is 1. The quantitative estimate of drug-likeness (QED) is 0.920. The third-order valence-electron chi connectivity index (χ3n) is 3.91. The number of nitrogens with zero attached hydrogens (tertiary/aromatic N) is 2. The first-order valence-electron chi connectivity index (χ1n) is 7.03. The number of piperidine rings is 1. The highest BCUT2D eigenvalue weighted by molar-refractivity contribution is 7.12. The zero-order valence-electron chi connectivity index (χ0n) is 11.8. The molecule has 0 unspecified atom stereocenters. The molecule has 2 aromatic rings. The monoisotopic (exact) mass is 289 g/mol. The van der Waals surface area contributed by atoms with Gasteiger partial charge in [-0.05, 0) is 55.7 Å². The van der Waals surface area contributed by atoms with E-state index >= 15 is 0 Å². The van der Waals surface area contributed by atoms with E-state index in [9.17, 15) is 4.79 Å². The van der Waals surface area contributed by atoms with E-state index in [0.29, 0.717) is 0 Å². The largest absolute Gasteiger partial charge is 0.329 e. The lowest BCUT2D eigenvalue weighted by atomic mass is 9.97.